The van der Waals surface area contributed by atoms with Gasteiger partial charge < -0.3 is 19.8 Å². The normalized spacial score (nSPS) is 10.9. The summed E-state index contributed by atoms with van der Waals surface area (Å²) in [6.07, 6.45) is 2.43. The molecule has 1 aromatic carbocycles. The fourth-order valence-corrected chi connectivity index (χ4v) is 2.10. The average molecular weight is 447 g/mol. The van der Waals surface area contributed by atoms with Crippen LogP contribution >= 0.6 is 24.0 Å². The predicted molar refractivity (Wildman–Crippen MR) is 104 cm³/mol. The standard InChI is InChI=1S/C17H22FN3O2.HI/c1-3-19-17(20-7-6-15-5-4-8-23-15)21-12-13-9-14(18)11-16(10-13)22-2;/h4-5,8-11H,3,6-7,12H2,1-2H3,(H2,19,20,21);1H. The molecule has 0 aliphatic heterocycles. The van der Waals surface area contributed by atoms with E-state index >= 15 is 0 Å². The summed E-state index contributed by atoms with van der Waals surface area (Å²) >= 11 is 0. The van der Waals surface area contributed by atoms with Gasteiger partial charge in [0.15, 0.2) is 5.96 Å². The molecular weight excluding hydrogens is 424 g/mol. The zero-order valence-electron chi connectivity index (χ0n) is 13.8. The molecule has 132 valence electrons. The summed E-state index contributed by atoms with van der Waals surface area (Å²) in [5.74, 6) is 1.77. The van der Waals surface area contributed by atoms with Gasteiger partial charge in [-0.3, -0.25) is 0 Å². The lowest BCUT2D eigenvalue weighted by Crippen LogP contribution is -2.38. The summed E-state index contributed by atoms with van der Waals surface area (Å²) in [5, 5.41) is 6.39. The van der Waals surface area contributed by atoms with Gasteiger partial charge in [0, 0.05) is 25.6 Å². The van der Waals surface area contributed by atoms with Gasteiger partial charge in [0.25, 0.3) is 0 Å². The summed E-state index contributed by atoms with van der Waals surface area (Å²) < 4.78 is 23.8. The fraction of sp³-hybridized carbons (Fsp3) is 0.353. The van der Waals surface area contributed by atoms with Crippen LogP contribution in [0, 0.1) is 5.82 Å². The van der Waals surface area contributed by atoms with E-state index in [0.717, 1.165) is 24.3 Å². The first-order valence-electron chi connectivity index (χ1n) is 7.59. The maximum absolute atomic E-state index is 13.5. The molecular formula is C17H23FIN3O2. The molecule has 5 nitrogen and oxygen atoms in total. The summed E-state index contributed by atoms with van der Waals surface area (Å²) in [6.45, 7) is 3.81. The maximum atomic E-state index is 13.5. The Hall–Kier alpha value is -1.77. The smallest absolute Gasteiger partial charge is 0.191 e. The molecule has 0 saturated carbocycles. The van der Waals surface area contributed by atoms with Gasteiger partial charge in [-0.15, -0.1) is 24.0 Å². The van der Waals surface area contributed by atoms with Gasteiger partial charge in [0.2, 0.25) is 0 Å². The third kappa shape index (κ3) is 6.77. The van der Waals surface area contributed by atoms with Gasteiger partial charge in [-0.25, -0.2) is 9.38 Å². The van der Waals surface area contributed by atoms with Crippen molar-refractivity contribution >= 4 is 29.9 Å². The lowest BCUT2D eigenvalue weighted by molar-refractivity contribution is 0.410. The number of hydrogen-bond acceptors (Lipinski definition) is 3. The number of guanidine groups is 1. The Morgan fingerprint density at radius 2 is 2.12 bits per heavy atom. The largest absolute Gasteiger partial charge is 0.497 e. The van der Waals surface area contributed by atoms with Crippen molar-refractivity contribution in [3.63, 3.8) is 0 Å². The van der Waals surface area contributed by atoms with Crippen molar-refractivity contribution in [3.05, 3.63) is 53.7 Å². The molecule has 0 aliphatic rings. The van der Waals surface area contributed by atoms with Crippen molar-refractivity contribution in [2.24, 2.45) is 4.99 Å². The van der Waals surface area contributed by atoms with Crippen LogP contribution in [0.5, 0.6) is 5.75 Å². The van der Waals surface area contributed by atoms with E-state index in [1.54, 1.807) is 12.3 Å². The summed E-state index contributed by atoms with van der Waals surface area (Å²) in [6, 6.07) is 8.38. The molecule has 0 atom stereocenters. The first-order valence-corrected chi connectivity index (χ1v) is 7.59. The maximum Gasteiger partial charge on any atom is 0.191 e. The van der Waals surface area contributed by atoms with Crippen LogP contribution in [0.4, 0.5) is 4.39 Å². The Kier molecular flexibility index (Phi) is 9.21. The number of furan rings is 1. The summed E-state index contributed by atoms with van der Waals surface area (Å²) in [7, 11) is 1.52. The second-order valence-electron chi connectivity index (χ2n) is 4.95. The number of benzene rings is 1. The monoisotopic (exact) mass is 447 g/mol. The number of halogens is 2. The van der Waals surface area contributed by atoms with Crippen LogP contribution in [0.1, 0.15) is 18.2 Å². The van der Waals surface area contributed by atoms with Crippen LogP contribution in [0.25, 0.3) is 0 Å². The van der Waals surface area contributed by atoms with Crippen LogP contribution in [0.2, 0.25) is 0 Å². The molecule has 0 spiro atoms. The van der Waals surface area contributed by atoms with Crippen molar-refractivity contribution in [1.82, 2.24) is 10.6 Å². The molecule has 2 N–H and O–H groups in total. The van der Waals surface area contributed by atoms with E-state index < -0.39 is 0 Å². The molecule has 0 fully saturated rings. The Labute approximate surface area is 158 Å². The van der Waals surface area contributed by atoms with Gasteiger partial charge in [-0.1, -0.05) is 0 Å². The highest BCUT2D eigenvalue weighted by molar-refractivity contribution is 14.0. The van der Waals surface area contributed by atoms with E-state index in [2.05, 4.69) is 15.6 Å². The number of rotatable bonds is 7. The van der Waals surface area contributed by atoms with Crippen LogP contribution < -0.4 is 15.4 Å². The minimum atomic E-state index is -0.328. The molecule has 0 amide bonds. The topological polar surface area (TPSA) is 58.8 Å². The Bertz CT molecular complexity index is 633. The van der Waals surface area contributed by atoms with E-state index in [4.69, 9.17) is 9.15 Å². The molecule has 0 bridgehead atoms. The highest BCUT2D eigenvalue weighted by Crippen LogP contribution is 2.16. The van der Waals surface area contributed by atoms with E-state index in [9.17, 15) is 4.39 Å². The zero-order chi connectivity index (χ0) is 16.5. The number of methoxy groups -OCH3 is 1. The van der Waals surface area contributed by atoms with Gasteiger partial charge >= 0.3 is 0 Å². The number of hydrogen-bond donors (Lipinski definition) is 2. The third-order valence-electron chi connectivity index (χ3n) is 3.17. The predicted octanol–water partition coefficient (Wildman–Crippen LogP) is 3.34. The highest BCUT2D eigenvalue weighted by Gasteiger charge is 2.03. The Morgan fingerprint density at radius 1 is 1.29 bits per heavy atom. The van der Waals surface area contributed by atoms with Gasteiger partial charge in [0.1, 0.15) is 17.3 Å². The second-order valence-corrected chi connectivity index (χ2v) is 4.95. The summed E-state index contributed by atoms with van der Waals surface area (Å²) in [5.41, 5.74) is 0.755. The molecule has 24 heavy (non-hydrogen) atoms. The van der Waals surface area contributed by atoms with E-state index in [0.29, 0.717) is 24.8 Å². The lowest BCUT2D eigenvalue weighted by Gasteiger charge is -2.11. The van der Waals surface area contributed by atoms with Crippen molar-refractivity contribution in [1.29, 1.82) is 0 Å². The Morgan fingerprint density at radius 3 is 2.79 bits per heavy atom. The Balaban J connectivity index is 0.00000288. The van der Waals surface area contributed by atoms with Crippen molar-refractivity contribution in [2.75, 3.05) is 20.2 Å². The van der Waals surface area contributed by atoms with Crippen molar-refractivity contribution in [2.45, 2.75) is 19.9 Å². The zero-order valence-corrected chi connectivity index (χ0v) is 16.2. The first-order chi connectivity index (χ1) is 11.2. The number of aliphatic imine (C=N–C) groups is 1. The molecule has 1 heterocycles. The van der Waals surface area contributed by atoms with Crippen LogP contribution in [-0.4, -0.2) is 26.2 Å². The van der Waals surface area contributed by atoms with E-state index in [-0.39, 0.29) is 29.8 Å². The van der Waals surface area contributed by atoms with E-state index in [1.165, 1.54) is 19.2 Å². The fourth-order valence-electron chi connectivity index (χ4n) is 2.10. The molecule has 0 saturated heterocycles. The van der Waals surface area contributed by atoms with Gasteiger partial charge in [-0.05, 0) is 36.8 Å². The van der Waals surface area contributed by atoms with Crippen LogP contribution in [-0.2, 0) is 13.0 Å². The minimum Gasteiger partial charge on any atom is -0.497 e. The molecule has 2 aromatic rings. The molecule has 2 rings (SSSR count). The molecule has 7 heteroatoms. The molecule has 1 aromatic heterocycles. The SMILES string of the molecule is CCNC(=NCc1cc(F)cc(OC)c1)NCCc1ccco1.I. The quantitative estimate of drug-likeness (QED) is 0.389. The average Bonchev–Trinajstić information content (AvgIpc) is 3.05. The number of nitrogens with one attached hydrogen (secondary N) is 2. The van der Waals surface area contributed by atoms with Crippen molar-refractivity contribution in [3.8, 4) is 5.75 Å². The van der Waals surface area contributed by atoms with Crippen molar-refractivity contribution < 1.29 is 13.5 Å². The molecule has 0 unspecified atom stereocenters. The van der Waals surface area contributed by atoms with Crippen LogP contribution in [0.3, 0.4) is 0 Å². The number of nitrogens with zero attached hydrogens (tertiary/aromatic N) is 1. The second kappa shape index (κ2) is 10.9. The molecule has 0 aliphatic carbocycles. The lowest BCUT2D eigenvalue weighted by atomic mass is 10.2. The van der Waals surface area contributed by atoms with E-state index in [1.807, 2.05) is 19.1 Å². The first kappa shape index (κ1) is 20.3. The van der Waals surface area contributed by atoms with Crippen LogP contribution in [0.15, 0.2) is 46.0 Å². The highest BCUT2D eigenvalue weighted by atomic mass is 127. The number of ether oxygens (including phenoxy) is 1. The molecule has 0 radical (unpaired) electrons. The minimum absolute atomic E-state index is 0. The van der Waals surface area contributed by atoms with Gasteiger partial charge in [0.05, 0.1) is 19.9 Å². The summed E-state index contributed by atoms with van der Waals surface area (Å²) in [4.78, 5) is 4.46. The van der Waals surface area contributed by atoms with Gasteiger partial charge in [-0.2, -0.15) is 0 Å². The third-order valence-corrected chi connectivity index (χ3v) is 3.17.